The van der Waals surface area contributed by atoms with Crippen molar-refractivity contribution in [2.45, 2.75) is 0 Å². The molecule has 0 fully saturated rings. The van der Waals surface area contributed by atoms with Crippen LogP contribution in [0, 0.1) is 0 Å². The number of fused-ring (bicyclic) bond motifs is 9. The lowest BCUT2D eigenvalue weighted by Crippen LogP contribution is -1.96. The third-order valence-electron chi connectivity index (χ3n) is 13.7. The summed E-state index contributed by atoms with van der Waals surface area (Å²) in [6.07, 6.45) is 0. The zero-order valence-corrected chi connectivity index (χ0v) is 37.7. The van der Waals surface area contributed by atoms with Crippen molar-refractivity contribution in [3.8, 4) is 78.5 Å². The Bertz CT molecular complexity index is 4330. The van der Waals surface area contributed by atoms with E-state index in [0.717, 1.165) is 138 Å². The average molecular weight is 894 g/mol. The molecule has 10 aromatic carbocycles. The van der Waals surface area contributed by atoms with E-state index in [-0.39, 0.29) is 0 Å². The monoisotopic (exact) mass is 893 g/mol. The summed E-state index contributed by atoms with van der Waals surface area (Å²) in [5, 5.41) is 7.72. The third-order valence-corrected chi connectivity index (χ3v) is 13.7. The van der Waals surface area contributed by atoms with Gasteiger partial charge in [-0.1, -0.05) is 200 Å². The van der Waals surface area contributed by atoms with Gasteiger partial charge in [-0.2, -0.15) is 0 Å². The van der Waals surface area contributed by atoms with Gasteiger partial charge in [-0.3, -0.25) is 0 Å². The summed E-state index contributed by atoms with van der Waals surface area (Å²) in [5.41, 5.74) is 17.6. The summed E-state index contributed by atoms with van der Waals surface area (Å²) in [7, 11) is 0. The molecular weight excluding hydrogens is 855 g/mol. The molecule has 0 aliphatic rings. The summed E-state index contributed by atoms with van der Waals surface area (Å²) in [5.74, 6) is 0.658. The van der Waals surface area contributed by atoms with Gasteiger partial charge in [0.1, 0.15) is 22.3 Å². The Morgan fingerprint density at radius 1 is 0.286 bits per heavy atom. The van der Waals surface area contributed by atoms with Gasteiger partial charge in [-0.15, -0.1) is 0 Å². The minimum atomic E-state index is 0.658. The second-order valence-electron chi connectivity index (χ2n) is 17.8. The van der Waals surface area contributed by atoms with Crippen molar-refractivity contribution in [3.63, 3.8) is 0 Å². The second kappa shape index (κ2) is 16.1. The molecular formula is C65H39N3O2. The first kappa shape index (κ1) is 39.7. The van der Waals surface area contributed by atoms with Gasteiger partial charge in [0, 0.05) is 71.1 Å². The Morgan fingerprint density at radius 3 is 1.64 bits per heavy atom. The fourth-order valence-corrected chi connectivity index (χ4v) is 10.4. The Hall–Kier alpha value is -9.45. The van der Waals surface area contributed by atoms with E-state index in [1.54, 1.807) is 0 Å². The fraction of sp³-hybridized carbons (Fsp3) is 0. The SMILES string of the molecule is c1ccc(-c2cc(-c3cccc(-c4ccc(-c5c6c(cc7c(-c8ccccc8)nc8ccccc8c57)oc5ccccc56)cc4)c3)nc(-c3ccc(-c4cccc5c4oc4ccccc45)cc3)n2)cc1. The number of hydrogen-bond donors (Lipinski definition) is 0. The van der Waals surface area contributed by atoms with Crippen molar-refractivity contribution in [1.82, 2.24) is 15.0 Å². The number of pyridine rings is 1. The standard InChI is InChI=1S/C65H39N3O2/c1-3-15-42(16-4-1)55-39-56(68-65(67-55)45-35-31-41(32-36-45)48-24-14-25-50-49-21-8-11-27-57(49)70-64(48)50)47-20-13-19-46(37-47)40-29-33-43(34-30-40)60-61-51-22-7-10-26-54(51)66-63(44-17-5-2-6-18-44)53(61)38-59-62(60)52-23-9-12-28-58(52)69-59/h1-39H. The molecule has 4 aromatic heterocycles. The topological polar surface area (TPSA) is 65.0 Å². The third kappa shape index (κ3) is 6.59. The van der Waals surface area contributed by atoms with Crippen LogP contribution in [0.1, 0.15) is 0 Å². The van der Waals surface area contributed by atoms with Crippen molar-refractivity contribution in [3.05, 3.63) is 237 Å². The normalized spacial score (nSPS) is 11.7. The number of furan rings is 2. The Morgan fingerprint density at radius 2 is 0.857 bits per heavy atom. The van der Waals surface area contributed by atoms with Crippen LogP contribution < -0.4 is 0 Å². The zero-order chi connectivity index (χ0) is 46.1. The number of hydrogen-bond acceptors (Lipinski definition) is 5. The summed E-state index contributed by atoms with van der Waals surface area (Å²) in [6, 6.07) is 82.6. The molecule has 0 N–H and O–H groups in total. The lowest BCUT2D eigenvalue weighted by atomic mass is 9.89. The number of nitrogens with zero attached hydrogens (tertiary/aromatic N) is 3. The Labute approximate surface area is 402 Å². The van der Waals surface area contributed by atoms with Gasteiger partial charge >= 0.3 is 0 Å². The van der Waals surface area contributed by atoms with Crippen LogP contribution in [-0.4, -0.2) is 15.0 Å². The summed E-state index contributed by atoms with van der Waals surface area (Å²) in [4.78, 5) is 15.7. The molecule has 0 aliphatic heterocycles. The first-order valence-corrected chi connectivity index (χ1v) is 23.6. The maximum absolute atomic E-state index is 6.65. The van der Waals surface area contributed by atoms with Gasteiger partial charge in [-0.25, -0.2) is 15.0 Å². The predicted molar refractivity (Wildman–Crippen MR) is 287 cm³/mol. The van der Waals surface area contributed by atoms with E-state index in [1.807, 2.05) is 42.5 Å². The van der Waals surface area contributed by atoms with Crippen LogP contribution in [0.2, 0.25) is 0 Å². The molecule has 0 unspecified atom stereocenters. The fourth-order valence-electron chi connectivity index (χ4n) is 10.4. The molecule has 0 radical (unpaired) electrons. The summed E-state index contributed by atoms with van der Waals surface area (Å²) < 4.78 is 13.0. The average Bonchev–Trinajstić information content (AvgIpc) is 4.01. The number of aromatic nitrogens is 3. The highest BCUT2D eigenvalue weighted by Gasteiger charge is 2.22. The smallest absolute Gasteiger partial charge is 0.160 e. The molecule has 14 rings (SSSR count). The number of rotatable bonds is 7. The molecule has 0 atom stereocenters. The molecule has 5 heteroatoms. The predicted octanol–water partition coefficient (Wildman–Crippen LogP) is 17.6. The minimum absolute atomic E-state index is 0.658. The highest BCUT2D eigenvalue weighted by Crippen LogP contribution is 2.47. The van der Waals surface area contributed by atoms with Crippen LogP contribution in [0.4, 0.5) is 0 Å². The Balaban J connectivity index is 0.873. The Kier molecular flexibility index (Phi) is 9.14. The van der Waals surface area contributed by atoms with E-state index in [2.05, 4.69) is 194 Å². The van der Waals surface area contributed by atoms with E-state index in [4.69, 9.17) is 23.8 Å². The minimum Gasteiger partial charge on any atom is -0.456 e. The summed E-state index contributed by atoms with van der Waals surface area (Å²) in [6.45, 7) is 0. The van der Waals surface area contributed by atoms with Gasteiger partial charge < -0.3 is 8.83 Å². The first-order valence-electron chi connectivity index (χ1n) is 23.6. The van der Waals surface area contributed by atoms with Crippen LogP contribution in [-0.2, 0) is 0 Å². The van der Waals surface area contributed by atoms with E-state index < -0.39 is 0 Å². The lowest BCUT2D eigenvalue weighted by molar-refractivity contribution is 0.669. The molecule has 0 amide bonds. The lowest BCUT2D eigenvalue weighted by Gasteiger charge is -2.16. The quantitative estimate of drug-likeness (QED) is 0.149. The van der Waals surface area contributed by atoms with Crippen molar-refractivity contribution in [1.29, 1.82) is 0 Å². The van der Waals surface area contributed by atoms with Crippen LogP contribution in [0.15, 0.2) is 245 Å². The first-order chi connectivity index (χ1) is 34.7. The molecule has 5 nitrogen and oxygen atoms in total. The van der Waals surface area contributed by atoms with E-state index in [9.17, 15) is 0 Å². The molecule has 14 aromatic rings. The maximum atomic E-state index is 6.65. The van der Waals surface area contributed by atoms with E-state index in [1.165, 1.54) is 0 Å². The summed E-state index contributed by atoms with van der Waals surface area (Å²) >= 11 is 0. The number of para-hydroxylation sites is 4. The molecule has 326 valence electrons. The molecule has 0 aliphatic carbocycles. The van der Waals surface area contributed by atoms with Crippen molar-refractivity contribution >= 4 is 65.6 Å². The van der Waals surface area contributed by atoms with E-state index in [0.29, 0.717) is 5.82 Å². The highest BCUT2D eigenvalue weighted by molar-refractivity contribution is 6.27. The number of benzene rings is 10. The molecule has 0 bridgehead atoms. The largest absolute Gasteiger partial charge is 0.456 e. The van der Waals surface area contributed by atoms with Gasteiger partial charge in [0.05, 0.1) is 22.6 Å². The van der Waals surface area contributed by atoms with Crippen LogP contribution in [0.5, 0.6) is 0 Å². The van der Waals surface area contributed by atoms with Crippen LogP contribution in [0.3, 0.4) is 0 Å². The van der Waals surface area contributed by atoms with Gasteiger partial charge in [0.2, 0.25) is 0 Å². The van der Waals surface area contributed by atoms with Crippen molar-refractivity contribution < 1.29 is 8.83 Å². The molecule has 4 heterocycles. The molecule has 0 saturated heterocycles. The highest BCUT2D eigenvalue weighted by atomic mass is 16.3. The van der Waals surface area contributed by atoms with E-state index >= 15 is 0 Å². The molecule has 0 saturated carbocycles. The van der Waals surface area contributed by atoms with Gasteiger partial charge in [0.25, 0.3) is 0 Å². The van der Waals surface area contributed by atoms with Gasteiger partial charge in [-0.05, 0) is 58.7 Å². The molecule has 0 spiro atoms. The maximum Gasteiger partial charge on any atom is 0.160 e. The zero-order valence-electron chi connectivity index (χ0n) is 37.7. The second-order valence-corrected chi connectivity index (χ2v) is 17.8. The van der Waals surface area contributed by atoms with Crippen LogP contribution in [0.25, 0.3) is 144 Å². The van der Waals surface area contributed by atoms with Crippen LogP contribution >= 0.6 is 0 Å². The molecule has 70 heavy (non-hydrogen) atoms. The van der Waals surface area contributed by atoms with Gasteiger partial charge in [0.15, 0.2) is 5.82 Å². The van der Waals surface area contributed by atoms with Crippen molar-refractivity contribution in [2.75, 3.05) is 0 Å². The van der Waals surface area contributed by atoms with Crippen molar-refractivity contribution in [2.24, 2.45) is 0 Å².